The molecule has 0 atom stereocenters. The van der Waals surface area contributed by atoms with E-state index in [2.05, 4.69) is 33.5 Å². The Hall–Kier alpha value is -0.573. The number of carbonyl (C=O) groups excluding carboxylic acids is 1. The Bertz CT molecular complexity index is 219. The van der Waals surface area contributed by atoms with Crippen LogP contribution in [0.4, 0.5) is 0 Å². The third-order valence-corrected chi connectivity index (χ3v) is 4.27. The predicted octanol–water partition coefficient (Wildman–Crippen LogP) is 3.36. The van der Waals surface area contributed by atoms with Crippen LogP contribution in [0.5, 0.6) is 0 Å². The molecule has 0 aromatic heterocycles. The molecule has 2 nitrogen and oxygen atoms in total. The van der Waals surface area contributed by atoms with Gasteiger partial charge in [-0.15, -0.1) is 0 Å². The summed E-state index contributed by atoms with van der Waals surface area (Å²) >= 11 is 0. The Morgan fingerprint density at radius 2 is 1.93 bits per heavy atom. The summed E-state index contributed by atoms with van der Waals surface area (Å²) in [5.41, 5.74) is 0.495. The molecule has 0 aliphatic heterocycles. The highest BCUT2D eigenvalue weighted by Gasteiger charge is 2.26. The van der Waals surface area contributed by atoms with Crippen LogP contribution in [0.15, 0.2) is 12.2 Å². The molecule has 0 heterocycles. The van der Waals surface area contributed by atoms with E-state index in [4.69, 9.17) is 4.43 Å². The van der Waals surface area contributed by atoms with Gasteiger partial charge in [0.1, 0.15) is 0 Å². The summed E-state index contributed by atoms with van der Waals surface area (Å²) < 4.78 is 5.45. The largest absolute Gasteiger partial charge is 0.516 e. The van der Waals surface area contributed by atoms with E-state index in [0.29, 0.717) is 11.5 Å². The Morgan fingerprint density at radius 1 is 1.43 bits per heavy atom. The SMILES string of the molecule is C=C(C)C(=O)O[Si](C)(C)CCC(C)C. The Morgan fingerprint density at radius 3 is 2.29 bits per heavy atom. The molecule has 0 fully saturated rings. The molecule has 0 radical (unpaired) electrons. The summed E-state index contributed by atoms with van der Waals surface area (Å²) in [6.07, 6.45) is 1.13. The van der Waals surface area contributed by atoms with E-state index in [1.807, 2.05) is 0 Å². The van der Waals surface area contributed by atoms with Crippen LogP contribution in [-0.2, 0) is 9.22 Å². The summed E-state index contributed by atoms with van der Waals surface area (Å²) in [5, 5.41) is 0. The maximum Gasteiger partial charge on any atom is 0.319 e. The first-order chi connectivity index (χ1) is 6.24. The second-order valence-electron chi connectivity index (χ2n) is 4.86. The molecular weight excluding hydrogens is 192 g/mol. The zero-order valence-corrected chi connectivity index (χ0v) is 11.0. The van der Waals surface area contributed by atoms with Crippen molar-refractivity contribution in [2.24, 2.45) is 5.92 Å². The van der Waals surface area contributed by atoms with Gasteiger partial charge in [0.15, 0.2) is 0 Å². The smallest absolute Gasteiger partial charge is 0.319 e. The fourth-order valence-electron chi connectivity index (χ4n) is 1.03. The third-order valence-electron chi connectivity index (χ3n) is 2.04. The zero-order valence-electron chi connectivity index (χ0n) is 10.0. The van der Waals surface area contributed by atoms with E-state index in [-0.39, 0.29) is 5.97 Å². The summed E-state index contributed by atoms with van der Waals surface area (Å²) in [7, 11) is -1.80. The maximum absolute atomic E-state index is 11.3. The fraction of sp³-hybridized carbons (Fsp3) is 0.727. The minimum atomic E-state index is -1.80. The van der Waals surface area contributed by atoms with Gasteiger partial charge in [0.25, 0.3) is 0 Å². The summed E-state index contributed by atoms with van der Waals surface area (Å²) in [6.45, 7) is 13.8. The van der Waals surface area contributed by atoms with Crippen LogP contribution in [0.1, 0.15) is 27.2 Å². The maximum atomic E-state index is 11.3. The third kappa shape index (κ3) is 5.97. The first-order valence-electron chi connectivity index (χ1n) is 5.13. The normalized spacial score (nSPS) is 11.6. The van der Waals surface area contributed by atoms with Crippen molar-refractivity contribution in [1.29, 1.82) is 0 Å². The van der Waals surface area contributed by atoms with E-state index in [1.165, 1.54) is 0 Å². The van der Waals surface area contributed by atoms with Crippen LogP contribution in [0.2, 0.25) is 19.1 Å². The molecule has 14 heavy (non-hydrogen) atoms. The molecule has 0 saturated carbocycles. The summed E-state index contributed by atoms with van der Waals surface area (Å²) in [4.78, 5) is 11.3. The van der Waals surface area contributed by atoms with Gasteiger partial charge in [-0.05, 0) is 32.0 Å². The number of hydrogen-bond donors (Lipinski definition) is 0. The van der Waals surface area contributed by atoms with Gasteiger partial charge in [0.2, 0.25) is 8.32 Å². The van der Waals surface area contributed by atoms with Crippen LogP contribution < -0.4 is 0 Å². The Balaban J connectivity index is 4.06. The predicted molar refractivity (Wildman–Crippen MR) is 62.7 cm³/mol. The van der Waals surface area contributed by atoms with Crippen molar-refractivity contribution >= 4 is 14.3 Å². The number of carbonyl (C=O) groups is 1. The van der Waals surface area contributed by atoms with Crippen molar-refractivity contribution in [2.45, 2.75) is 46.3 Å². The van der Waals surface area contributed by atoms with E-state index < -0.39 is 8.32 Å². The molecule has 0 spiro atoms. The molecule has 0 bridgehead atoms. The lowest BCUT2D eigenvalue weighted by Crippen LogP contribution is -2.33. The van der Waals surface area contributed by atoms with Crippen molar-refractivity contribution in [3.8, 4) is 0 Å². The lowest BCUT2D eigenvalue weighted by Gasteiger charge is -2.23. The molecule has 0 aliphatic carbocycles. The van der Waals surface area contributed by atoms with Crippen LogP contribution in [-0.4, -0.2) is 14.3 Å². The van der Waals surface area contributed by atoms with Crippen LogP contribution in [0.25, 0.3) is 0 Å². The van der Waals surface area contributed by atoms with Gasteiger partial charge < -0.3 is 4.43 Å². The molecule has 0 saturated heterocycles. The molecule has 0 aliphatic rings. The Labute approximate surface area is 88.5 Å². The van der Waals surface area contributed by atoms with Gasteiger partial charge >= 0.3 is 5.97 Å². The van der Waals surface area contributed by atoms with E-state index in [1.54, 1.807) is 6.92 Å². The van der Waals surface area contributed by atoms with E-state index in [9.17, 15) is 4.79 Å². The van der Waals surface area contributed by atoms with Crippen LogP contribution >= 0.6 is 0 Å². The first kappa shape index (κ1) is 13.4. The molecule has 0 rings (SSSR count). The highest BCUT2D eigenvalue weighted by molar-refractivity contribution is 6.72. The summed E-state index contributed by atoms with van der Waals surface area (Å²) in [5.74, 6) is 0.440. The molecule has 0 N–H and O–H groups in total. The molecule has 3 heteroatoms. The van der Waals surface area contributed by atoms with Gasteiger partial charge in [-0.25, -0.2) is 4.79 Å². The van der Waals surface area contributed by atoms with Crippen molar-refractivity contribution in [3.05, 3.63) is 12.2 Å². The second kappa shape index (κ2) is 5.34. The van der Waals surface area contributed by atoms with Crippen LogP contribution in [0.3, 0.4) is 0 Å². The topological polar surface area (TPSA) is 26.3 Å². The van der Waals surface area contributed by atoms with Gasteiger partial charge in [-0.1, -0.05) is 26.8 Å². The second-order valence-corrected chi connectivity index (χ2v) is 9.09. The monoisotopic (exact) mass is 214 g/mol. The van der Waals surface area contributed by atoms with Gasteiger partial charge in [0.05, 0.1) is 0 Å². The quantitative estimate of drug-likeness (QED) is 0.518. The standard InChI is InChI=1S/C11H22O2Si/c1-9(2)7-8-14(5,6)13-11(12)10(3)4/h9H,3,7-8H2,1-2,4-6H3. The zero-order chi connectivity index (χ0) is 11.4. The highest BCUT2D eigenvalue weighted by Crippen LogP contribution is 2.18. The van der Waals surface area contributed by atoms with Crippen molar-refractivity contribution in [3.63, 3.8) is 0 Å². The van der Waals surface area contributed by atoms with Gasteiger partial charge in [-0.3, -0.25) is 0 Å². The van der Waals surface area contributed by atoms with Gasteiger partial charge in [-0.2, -0.15) is 0 Å². The fourth-order valence-corrected chi connectivity index (χ4v) is 3.08. The van der Waals surface area contributed by atoms with Crippen molar-refractivity contribution in [1.82, 2.24) is 0 Å². The minimum absolute atomic E-state index is 0.231. The highest BCUT2D eigenvalue weighted by atomic mass is 28.4. The average molecular weight is 214 g/mol. The number of rotatable bonds is 5. The van der Waals surface area contributed by atoms with Gasteiger partial charge in [0, 0.05) is 5.57 Å². The van der Waals surface area contributed by atoms with Crippen LogP contribution in [0, 0.1) is 5.92 Å². The molecule has 0 aromatic carbocycles. The van der Waals surface area contributed by atoms with E-state index >= 15 is 0 Å². The lowest BCUT2D eigenvalue weighted by molar-refractivity contribution is -0.130. The van der Waals surface area contributed by atoms with E-state index in [0.717, 1.165) is 12.5 Å². The Kier molecular flexibility index (Phi) is 5.12. The lowest BCUT2D eigenvalue weighted by atomic mass is 10.2. The minimum Gasteiger partial charge on any atom is -0.516 e. The van der Waals surface area contributed by atoms with Crippen molar-refractivity contribution < 1.29 is 9.22 Å². The molecular formula is C11H22O2Si. The molecule has 0 amide bonds. The average Bonchev–Trinajstić information content (AvgIpc) is 2.00. The molecule has 82 valence electrons. The van der Waals surface area contributed by atoms with Crippen molar-refractivity contribution in [2.75, 3.05) is 0 Å². The molecule has 0 aromatic rings. The number of hydrogen-bond acceptors (Lipinski definition) is 2. The summed E-state index contributed by atoms with van der Waals surface area (Å²) in [6, 6.07) is 1.03. The first-order valence-corrected chi connectivity index (χ1v) is 8.25. The molecule has 0 unspecified atom stereocenters.